The average molecular weight is 388 g/mol. The van der Waals surface area contributed by atoms with Gasteiger partial charge >= 0.3 is 11.9 Å². The van der Waals surface area contributed by atoms with Crippen molar-refractivity contribution in [3.8, 4) is 0 Å². The van der Waals surface area contributed by atoms with Crippen molar-refractivity contribution in [1.29, 1.82) is 0 Å². The van der Waals surface area contributed by atoms with Gasteiger partial charge in [-0.25, -0.2) is 9.59 Å². The molecule has 26 heavy (non-hydrogen) atoms. The Labute approximate surface area is 157 Å². The van der Waals surface area contributed by atoms with E-state index >= 15 is 0 Å². The summed E-state index contributed by atoms with van der Waals surface area (Å²) in [7, 11) is 0. The molecule has 0 radical (unpaired) electrons. The number of ether oxygens (including phenoxy) is 2. The standard InChI is InChI=1S/C18H26ClNO6/c1-10-11(2)18(24,9-19)16(22)26-13-5-7-20-6-4-12(14(13)20)8-25-15(21)17(10,3)23/h4,10-11,13-14,23-24H,5-9H2,1-3H3/t10-,11-,13+,14-,17-,18-/m1/s1. The molecule has 3 aliphatic rings. The van der Waals surface area contributed by atoms with Gasteiger partial charge in [0.25, 0.3) is 0 Å². The predicted octanol–water partition coefficient (Wildman–Crippen LogP) is 0.462. The summed E-state index contributed by atoms with van der Waals surface area (Å²) < 4.78 is 11.0. The molecule has 146 valence electrons. The zero-order chi connectivity index (χ0) is 19.3. The number of hydrogen-bond donors (Lipinski definition) is 2. The fraction of sp³-hybridized carbons (Fsp3) is 0.778. The van der Waals surface area contributed by atoms with Crippen molar-refractivity contribution < 1.29 is 29.3 Å². The van der Waals surface area contributed by atoms with Gasteiger partial charge in [0, 0.05) is 24.9 Å². The smallest absolute Gasteiger partial charge is 0.340 e. The van der Waals surface area contributed by atoms with Crippen LogP contribution in [0.5, 0.6) is 0 Å². The van der Waals surface area contributed by atoms with E-state index in [1.807, 2.05) is 6.08 Å². The fourth-order valence-corrected chi connectivity index (χ4v) is 4.46. The van der Waals surface area contributed by atoms with Gasteiger partial charge in [-0.15, -0.1) is 11.6 Å². The van der Waals surface area contributed by atoms with Crippen LogP contribution in [0.15, 0.2) is 11.6 Å². The van der Waals surface area contributed by atoms with Crippen molar-refractivity contribution in [1.82, 2.24) is 4.90 Å². The van der Waals surface area contributed by atoms with Gasteiger partial charge in [-0.2, -0.15) is 0 Å². The third kappa shape index (κ3) is 2.95. The summed E-state index contributed by atoms with van der Waals surface area (Å²) >= 11 is 5.94. The third-order valence-corrected chi connectivity index (χ3v) is 6.81. The molecule has 0 unspecified atom stereocenters. The fourth-order valence-electron chi connectivity index (χ4n) is 4.11. The van der Waals surface area contributed by atoms with Gasteiger partial charge in [0.05, 0.1) is 11.9 Å². The van der Waals surface area contributed by atoms with Gasteiger partial charge in [0.1, 0.15) is 12.7 Å². The number of halogens is 1. The largest absolute Gasteiger partial charge is 0.459 e. The summed E-state index contributed by atoms with van der Waals surface area (Å²) in [5.74, 6) is -3.61. The van der Waals surface area contributed by atoms with Crippen molar-refractivity contribution >= 4 is 23.5 Å². The Morgan fingerprint density at radius 2 is 1.96 bits per heavy atom. The highest BCUT2D eigenvalue weighted by Crippen LogP contribution is 2.38. The number of nitrogens with zero attached hydrogens (tertiary/aromatic N) is 1. The lowest BCUT2D eigenvalue weighted by molar-refractivity contribution is -0.189. The van der Waals surface area contributed by atoms with Gasteiger partial charge in [0.15, 0.2) is 11.2 Å². The van der Waals surface area contributed by atoms with Gasteiger partial charge in [-0.05, 0) is 18.9 Å². The molecule has 0 aliphatic carbocycles. The maximum atomic E-state index is 12.8. The van der Waals surface area contributed by atoms with Gasteiger partial charge in [-0.1, -0.05) is 19.9 Å². The number of alkyl halides is 1. The first-order chi connectivity index (χ1) is 12.1. The summed E-state index contributed by atoms with van der Waals surface area (Å²) in [6.45, 7) is 5.97. The Kier molecular flexibility index (Phi) is 5.11. The number of esters is 2. The van der Waals surface area contributed by atoms with Crippen molar-refractivity contribution in [3.63, 3.8) is 0 Å². The van der Waals surface area contributed by atoms with Crippen molar-refractivity contribution in [2.75, 3.05) is 25.6 Å². The summed E-state index contributed by atoms with van der Waals surface area (Å²) in [5, 5.41) is 21.7. The van der Waals surface area contributed by atoms with Crippen LogP contribution in [-0.4, -0.2) is 76.0 Å². The van der Waals surface area contributed by atoms with Crippen LogP contribution in [0.2, 0.25) is 0 Å². The highest BCUT2D eigenvalue weighted by molar-refractivity contribution is 6.20. The van der Waals surface area contributed by atoms with E-state index in [9.17, 15) is 19.8 Å². The molecule has 0 bridgehead atoms. The van der Waals surface area contributed by atoms with Gasteiger partial charge < -0.3 is 19.7 Å². The second-order valence-electron chi connectivity index (χ2n) is 7.81. The Morgan fingerprint density at radius 1 is 1.27 bits per heavy atom. The van der Waals surface area contributed by atoms with Crippen molar-refractivity contribution in [3.05, 3.63) is 11.6 Å². The predicted molar refractivity (Wildman–Crippen MR) is 93.5 cm³/mol. The SMILES string of the molecule is C[C@@H]1[C@@H](C)[C@](O)(CCl)C(=O)O[C@H]2CCN3CC=C(COC(=O)[C@]1(C)O)[C@H]23. The highest BCUT2D eigenvalue weighted by Gasteiger charge is 2.54. The molecule has 3 rings (SSSR count). The second kappa shape index (κ2) is 6.78. The molecule has 0 aromatic rings. The Morgan fingerprint density at radius 3 is 2.62 bits per heavy atom. The molecule has 2 saturated heterocycles. The van der Waals surface area contributed by atoms with E-state index in [2.05, 4.69) is 4.90 Å². The van der Waals surface area contributed by atoms with E-state index in [4.69, 9.17) is 21.1 Å². The van der Waals surface area contributed by atoms with Gasteiger partial charge in [0.2, 0.25) is 0 Å². The molecule has 3 aliphatic heterocycles. The summed E-state index contributed by atoms with van der Waals surface area (Å²) in [4.78, 5) is 27.5. The van der Waals surface area contributed by atoms with Crippen LogP contribution in [0.25, 0.3) is 0 Å². The van der Waals surface area contributed by atoms with Crippen molar-refractivity contribution in [2.45, 2.75) is 50.5 Å². The normalized spacial score (nSPS) is 44.5. The molecule has 3 heterocycles. The van der Waals surface area contributed by atoms with Crippen LogP contribution in [0, 0.1) is 11.8 Å². The molecule has 6 atom stereocenters. The van der Waals surface area contributed by atoms with Crippen LogP contribution in [0.3, 0.4) is 0 Å². The minimum atomic E-state index is -2.01. The van der Waals surface area contributed by atoms with E-state index in [0.29, 0.717) is 13.0 Å². The molecule has 0 saturated carbocycles. The molecular weight excluding hydrogens is 362 g/mol. The van der Waals surface area contributed by atoms with Gasteiger partial charge in [-0.3, -0.25) is 4.90 Å². The highest BCUT2D eigenvalue weighted by atomic mass is 35.5. The lowest BCUT2D eigenvalue weighted by Crippen LogP contribution is -2.57. The number of carbonyl (C=O) groups excluding carboxylic acids is 2. The van der Waals surface area contributed by atoms with E-state index in [1.54, 1.807) is 13.8 Å². The van der Waals surface area contributed by atoms with Crippen LogP contribution in [0.1, 0.15) is 27.2 Å². The first kappa shape index (κ1) is 19.6. The quantitative estimate of drug-likeness (QED) is 0.383. The minimum absolute atomic E-state index is 0.0467. The molecule has 0 aromatic carbocycles. The zero-order valence-corrected chi connectivity index (χ0v) is 16.0. The Bertz CT molecular complexity index is 635. The van der Waals surface area contributed by atoms with Crippen molar-refractivity contribution in [2.24, 2.45) is 11.8 Å². The average Bonchev–Trinajstić information content (AvgIpc) is 3.19. The summed E-state index contributed by atoms with van der Waals surface area (Å²) in [6, 6.07) is -0.177. The molecule has 0 aromatic heterocycles. The monoisotopic (exact) mass is 387 g/mol. The molecular formula is C18H26ClNO6. The maximum Gasteiger partial charge on any atom is 0.340 e. The Hall–Kier alpha value is -1.15. The maximum absolute atomic E-state index is 12.8. The molecule has 2 fully saturated rings. The van der Waals surface area contributed by atoms with Crippen LogP contribution >= 0.6 is 11.6 Å². The number of carbonyl (C=O) groups is 2. The first-order valence-electron chi connectivity index (χ1n) is 8.95. The topological polar surface area (TPSA) is 96.3 Å². The van der Waals surface area contributed by atoms with Crippen LogP contribution in [0.4, 0.5) is 0 Å². The Balaban J connectivity index is 1.99. The van der Waals surface area contributed by atoms with Crippen LogP contribution in [-0.2, 0) is 19.1 Å². The number of aliphatic hydroxyl groups is 2. The zero-order valence-electron chi connectivity index (χ0n) is 15.3. The lowest BCUT2D eigenvalue weighted by atomic mass is 9.73. The molecule has 0 spiro atoms. The van der Waals surface area contributed by atoms with E-state index in [-0.39, 0.29) is 12.6 Å². The summed E-state index contributed by atoms with van der Waals surface area (Å²) in [6.07, 6.45) is 2.17. The molecule has 8 heteroatoms. The number of cyclic esters (lactones) is 1. The lowest BCUT2D eigenvalue weighted by Gasteiger charge is -2.40. The summed E-state index contributed by atoms with van der Waals surface area (Å²) in [5.41, 5.74) is -3.05. The molecule has 2 N–H and O–H groups in total. The van der Waals surface area contributed by atoms with E-state index in [0.717, 1.165) is 12.1 Å². The number of rotatable bonds is 1. The van der Waals surface area contributed by atoms with Crippen LogP contribution < -0.4 is 0 Å². The molecule has 0 amide bonds. The number of hydrogen-bond acceptors (Lipinski definition) is 7. The van der Waals surface area contributed by atoms with E-state index < -0.39 is 47.0 Å². The minimum Gasteiger partial charge on any atom is -0.459 e. The first-order valence-corrected chi connectivity index (χ1v) is 9.48. The third-order valence-electron chi connectivity index (χ3n) is 6.40. The second-order valence-corrected chi connectivity index (χ2v) is 8.08. The van der Waals surface area contributed by atoms with E-state index in [1.165, 1.54) is 6.92 Å². The molecule has 7 nitrogen and oxygen atoms in total.